The Morgan fingerprint density at radius 2 is 1.25 bits per heavy atom. The molecule has 4 aromatic carbocycles. The van der Waals surface area contributed by atoms with Crippen molar-refractivity contribution in [3.8, 4) is 11.1 Å². The second-order valence-corrected chi connectivity index (χ2v) is 9.79. The van der Waals surface area contributed by atoms with Gasteiger partial charge in [-0.05, 0) is 6.42 Å². The third kappa shape index (κ3) is 11.7. The Kier molecular flexibility index (Phi) is 19.7. The molecule has 5 heteroatoms. The number of hydrogen-bond donors (Lipinski definition) is 0. The van der Waals surface area contributed by atoms with Gasteiger partial charge in [0.25, 0.3) is 0 Å². The van der Waals surface area contributed by atoms with E-state index in [1.165, 1.54) is 51.9 Å². The van der Waals surface area contributed by atoms with Crippen LogP contribution in [0.5, 0.6) is 0 Å². The number of nitrogens with one attached hydrogen (secondary N) is 1. The van der Waals surface area contributed by atoms with Crippen LogP contribution in [-0.2, 0) is 32.3 Å². The summed E-state index contributed by atoms with van der Waals surface area (Å²) in [5, 5.41) is 2.90. The molecule has 4 aromatic rings. The minimum atomic E-state index is 0. The molecule has 0 amide bonds. The number of fused-ring (bicyclic) bond motifs is 3. The summed E-state index contributed by atoms with van der Waals surface area (Å²) in [6.07, 6.45) is 5.97. The summed E-state index contributed by atoms with van der Waals surface area (Å²) in [6.45, 7) is 2.80. The average molecular weight is 698 g/mol. The van der Waals surface area contributed by atoms with Gasteiger partial charge in [-0.15, -0.1) is 5.56 Å². The van der Waals surface area contributed by atoms with E-state index in [2.05, 4.69) is 110 Å². The van der Waals surface area contributed by atoms with E-state index in [9.17, 15) is 0 Å². The molecular formula is C31H34Cl2HfNSi. The Morgan fingerprint density at radius 1 is 0.694 bits per heavy atom. The Labute approximate surface area is 251 Å². The van der Waals surface area contributed by atoms with Gasteiger partial charge < -0.3 is 30.5 Å². The van der Waals surface area contributed by atoms with Crippen molar-refractivity contribution < 1.29 is 50.7 Å². The van der Waals surface area contributed by atoms with E-state index in [4.69, 9.17) is 5.73 Å². The number of unbranched alkanes of at least 4 members (excludes halogenated alkanes) is 3. The van der Waals surface area contributed by atoms with Crippen LogP contribution in [0.25, 0.3) is 16.9 Å². The largest absolute Gasteiger partial charge is 4.00 e. The van der Waals surface area contributed by atoms with Gasteiger partial charge in [0.2, 0.25) is 0 Å². The SMILES string of the molecule is CCCCCC[NH-].[Cl-].[Cl-].[Hf+4].[c-]1cccc2c1Cc1ccccc1-2.c1ccc([SiH]c2ccccc2)cc1. The molecule has 0 saturated carbocycles. The van der Waals surface area contributed by atoms with Crippen LogP contribution in [0, 0.1) is 6.07 Å². The molecule has 1 N–H and O–H groups in total. The molecule has 1 aliphatic rings. The summed E-state index contributed by atoms with van der Waals surface area (Å²) in [7, 11) is 0.271. The molecule has 0 aliphatic heterocycles. The van der Waals surface area contributed by atoms with Crippen molar-refractivity contribution in [2.75, 3.05) is 6.54 Å². The molecule has 0 unspecified atom stereocenters. The fourth-order valence-corrected chi connectivity index (χ4v) is 5.05. The predicted octanol–water partition coefficient (Wildman–Crippen LogP) is 0.756. The number of benzene rings is 4. The van der Waals surface area contributed by atoms with E-state index in [0.29, 0.717) is 6.54 Å². The fraction of sp³-hybridized carbons (Fsp3) is 0.226. The molecule has 0 fully saturated rings. The third-order valence-electron chi connectivity index (χ3n) is 5.58. The van der Waals surface area contributed by atoms with Crippen molar-refractivity contribution in [2.24, 2.45) is 0 Å². The summed E-state index contributed by atoms with van der Waals surface area (Å²) in [5.74, 6) is 0. The van der Waals surface area contributed by atoms with E-state index in [0.717, 1.165) is 12.8 Å². The second-order valence-electron chi connectivity index (χ2n) is 8.17. The van der Waals surface area contributed by atoms with Gasteiger partial charge in [0.05, 0.1) is 0 Å². The van der Waals surface area contributed by atoms with E-state index >= 15 is 0 Å². The summed E-state index contributed by atoms with van der Waals surface area (Å²) in [6, 6.07) is 39.4. The maximum Gasteiger partial charge on any atom is 4.00 e. The molecule has 0 heterocycles. The van der Waals surface area contributed by atoms with E-state index < -0.39 is 0 Å². The molecule has 0 atom stereocenters. The first-order valence-corrected chi connectivity index (χ1v) is 13.1. The van der Waals surface area contributed by atoms with Gasteiger partial charge in [-0.1, -0.05) is 139 Å². The fourth-order valence-electron chi connectivity index (χ4n) is 3.84. The molecule has 5 rings (SSSR count). The molecule has 36 heavy (non-hydrogen) atoms. The number of hydrogen-bond acceptors (Lipinski definition) is 0. The molecule has 185 valence electrons. The number of rotatable bonds is 6. The minimum absolute atomic E-state index is 0. The summed E-state index contributed by atoms with van der Waals surface area (Å²) in [5.41, 5.74) is 12.3. The van der Waals surface area contributed by atoms with Crippen LogP contribution in [-0.4, -0.2) is 16.1 Å². The predicted molar refractivity (Wildman–Crippen MR) is 146 cm³/mol. The van der Waals surface area contributed by atoms with Crippen LogP contribution in [0.2, 0.25) is 0 Å². The van der Waals surface area contributed by atoms with Gasteiger partial charge in [-0.25, -0.2) is 0 Å². The van der Waals surface area contributed by atoms with Crippen LogP contribution in [0.3, 0.4) is 0 Å². The van der Waals surface area contributed by atoms with Crippen molar-refractivity contribution in [1.82, 2.24) is 0 Å². The first kappa shape index (κ1) is 34.5. The smallest absolute Gasteiger partial charge is 1.00 e. The Hall–Kier alpha value is -1.49. The summed E-state index contributed by atoms with van der Waals surface area (Å²) in [4.78, 5) is 0. The average Bonchev–Trinajstić information content (AvgIpc) is 3.25. The van der Waals surface area contributed by atoms with Crippen LogP contribution in [0.1, 0.15) is 43.7 Å². The van der Waals surface area contributed by atoms with Crippen molar-refractivity contribution >= 4 is 19.9 Å². The molecule has 1 aliphatic carbocycles. The molecular weight excluding hydrogens is 664 g/mol. The Balaban J connectivity index is 0.000000514. The van der Waals surface area contributed by atoms with Gasteiger partial charge in [0, 0.05) is 0 Å². The topological polar surface area (TPSA) is 23.8 Å². The van der Waals surface area contributed by atoms with Gasteiger partial charge >= 0.3 is 25.8 Å². The standard InChI is InChI=1S/C13H9.C12H11Si.C6H14N.2ClH.Hf/c1-3-7-12-10(5-1)9-11-6-2-4-8-13(11)12;1-3-7-11(8-4-1)13-12-9-5-2-6-10-12;1-2-3-4-5-6-7;;;/h1-5,7-8H,9H2;1-10,13H;7H,2-6H2,1H3;2*1H;/q-1;;-1;;;+4/p-2. The summed E-state index contributed by atoms with van der Waals surface area (Å²) >= 11 is 0. The Morgan fingerprint density at radius 3 is 1.83 bits per heavy atom. The molecule has 0 spiro atoms. The van der Waals surface area contributed by atoms with Crippen LogP contribution >= 0.6 is 0 Å². The quantitative estimate of drug-likeness (QED) is 0.142. The van der Waals surface area contributed by atoms with Crippen molar-refractivity contribution in [3.63, 3.8) is 0 Å². The molecule has 0 bridgehead atoms. The van der Waals surface area contributed by atoms with Crippen molar-refractivity contribution in [2.45, 2.75) is 39.0 Å². The first-order chi connectivity index (χ1) is 16.3. The van der Waals surface area contributed by atoms with Crippen LogP contribution < -0.4 is 35.2 Å². The van der Waals surface area contributed by atoms with Crippen LogP contribution in [0.15, 0.2) is 103 Å². The Bertz CT molecular complexity index is 993. The third-order valence-corrected chi connectivity index (χ3v) is 7.02. The van der Waals surface area contributed by atoms with Crippen molar-refractivity contribution in [3.05, 3.63) is 126 Å². The molecule has 0 saturated heterocycles. The zero-order valence-electron chi connectivity index (χ0n) is 20.9. The van der Waals surface area contributed by atoms with Gasteiger partial charge in [0.1, 0.15) is 9.52 Å². The zero-order valence-corrected chi connectivity index (χ0v) is 27.2. The van der Waals surface area contributed by atoms with Gasteiger partial charge in [-0.2, -0.15) is 36.4 Å². The van der Waals surface area contributed by atoms with Gasteiger partial charge in [-0.3, -0.25) is 0 Å². The van der Waals surface area contributed by atoms with E-state index in [-0.39, 0.29) is 60.2 Å². The monoisotopic (exact) mass is 698 g/mol. The minimum Gasteiger partial charge on any atom is -1.00 e. The molecule has 0 aromatic heterocycles. The molecule has 1 radical (unpaired) electrons. The normalized spacial score (nSPS) is 9.83. The summed E-state index contributed by atoms with van der Waals surface area (Å²) < 4.78 is 0. The maximum atomic E-state index is 6.78. The van der Waals surface area contributed by atoms with Crippen LogP contribution in [0.4, 0.5) is 0 Å². The zero-order chi connectivity index (χ0) is 23.1. The molecule has 1 nitrogen and oxygen atoms in total. The van der Waals surface area contributed by atoms with Crippen molar-refractivity contribution in [1.29, 1.82) is 0 Å². The first-order valence-electron chi connectivity index (χ1n) is 12.0. The van der Waals surface area contributed by atoms with Gasteiger partial charge in [0.15, 0.2) is 0 Å². The maximum absolute atomic E-state index is 6.78. The van der Waals surface area contributed by atoms with E-state index in [1.807, 2.05) is 6.07 Å². The second kappa shape index (κ2) is 20.6. The number of halogens is 2. The van der Waals surface area contributed by atoms with E-state index in [1.54, 1.807) is 0 Å².